The first-order chi connectivity index (χ1) is 18.3. The van der Waals surface area contributed by atoms with Crippen LogP contribution in [0.1, 0.15) is 34.3 Å². The fourth-order valence-electron chi connectivity index (χ4n) is 4.27. The first kappa shape index (κ1) is 25.5. The quantitative estimate of drug-likeness (QED) is 0.301. The van der Waals surface area contributed by atoms with Crippen molar-refractivity contribution in [2.75, 3.05) is 19.0 Å². The topological polar surface area (TPSA) is 76.5 Å². The van der Waals surface area contributed by atoms with Crippen molar-refractivity contribution < 1.29 is 14.3 Å². The van der Waals surface area contributed by atoms with Gasteiger partial charge in [0.05, 0.1) is 12.8 Å². The number of benzene rings is 3. The summed E-state index contributed by atoms with van der Waals surface area (Å²) in [6, 6.07) is 20.5. The molecule has 2 amide bonds. The van der Waals surface area contributed by atoms with E-state index >= 15 is 0 Å². The molecule has 1 N–H and O–H groups in total. The van der Waals surface area contributed by atoms with Crippen molar-refractivity contribution in [2.45, 2.75) is 32.7 Å². The summed E-state index contributed by atoms with van der Waals surface area (Å²) >= 11 is 5.99. The number of aryl methyl sites for hydroxylation is 2. The number of imidazole rings is 1. The second-order valence-corrected chi connectivity index (χ2v) is 9.97. The van der Waals surface area contributed by atoms with Gasteiger partial charge in [0, 0.05) is 34.1 Å². The molecule has 38 heavy (non-hydrogen) atoms. The Morgan fingerprint density at radius 2 is 1.74 bits per heavy atom. The third-order valence-electron chi connectivity index (χ3n) is 6.77. The summed E-state index contributed by atoms with van der Waals surface area (Å²) in [6.07, 6.45) is 3.66. The summed E-state index contributed by atoms with van der Waals surface area (Å²) < 4.78 is 7.14. The minimum absolute atomic E-state index is 0.0540. The van der Waals surface area contributed by atoms with Crippen molar-refractivity contribution >= 4 is 29.4 Å². The van der Waals surface area contributed by atoms with Gasteiger partial charge in [0.1, 0.15) is 12.3 Å². The van der Waals surface area contributed by atoms with Crippen molar-refractivity contribution in [3.8, 4) is 22.7 Å². The van der Waals surface area contributed by atoms with E-state index in [1.165, 1.54) is 5.56 Å². The van der Waals surface area contributed by atoms with Gasteiger partial charge in [0.15, 0.2) is 0 Å². The fraction of sp³-hybridized carbons (Fsp3) is 0.233. The molecule has 5 rings (SSSR count). The fourth-order valence-corrected chi connectivity index (χ4v) is 4.40. The zero-order valence-corrected chi connectivity index (χ0v) is 22.3. The second kappa shape index (κ2) is 10.7. The number of amides is 2. The van der Waals surface area contributed by atoms with E-state index in [1.54, 1.807) is 36.3 Å². The van der Waals surface area contributed by atoms with Gasteiger partial charge in [-0.1, -0.05) is 17.7 Å². The number of hydrogen-bond acceptors (Lipinski definition) is 4. The number of methoxy groups -OCH3 is 1. The predicted molar refractivity (Wildman–Crippen MR) is 149 cm³/mol. The maximum atomic E-state index is 13.3. The van der Waals surface area contributed by atoms with Crippen LogP contribution < -0.4 is 10.1 Å². The average Bonchev–Trinajstić information content (AvgIpc) is 3.68. The molecular formula is C30H29ClN4O3. The lowest BCUT2D eigenvalue weighted by Gasteiger charge is -2.22. The highest BCUT2D eigenvalue weighted by molar-refractivity contribution is 6.30. The molecule has 0 unspecified atom stereocenters. The minimum atomic E-state index is -0.309. The van der Waals surface area contributed by atoms with E-state index in [-0.39, 0.29) is 24.4 Å². The van der Waals surface area contributed by atoms with E-state index in [0.717, 1.165) is 35.4 Å². The number of nitrogens with one attached hydrogen (secondary N) is 1. The first-order valence-corrected chi connectivity index (χ1v) is 12.9. The minimum Gasteiger partial charge on any atom is -0.497 e. The Morgan fingerprint density at radius 3 is 2.37 bits per heavy atom. The predicted octanol–water partition coefficient (Wildman–Crippen LogP) is 6.06. The molecule has 7 nitrogen and oxygen atoms in total. The zero-order chi connectivity index (χ0) is 26.8. The highest BCUT2D eigenvalue weighted by Crippen LogP contribution is 2.30. The maximum Gasteiger partial charge on any atom is 0.254 e. The van der Waals surface area contributed by atoms with E-state index in [2.05, 4.69) is 18.3 Å². The van der Waals surface area contributed by atoms with Crippen LogP contribution in [0.15, 0.2) is 72.9 Å². The third-order valence-corrected chi connectivity index (χ3v) is 7.02. The van der Waals surface area contributed by atoms with Gasteiger partial charge in [-0.25, -0.2) is 4.98 Å². The molecule has 1 aliphatic carbocycles. The zero-order valence-electron chi connectivity index (χ0n) is 21.6. The summed E-state index contributed by atoms with van der Waals surface area (Å²) in [7, 11) is 1.62. The number of hydrogen-bond donors (Lipinski definition) is 1. The Morgan fingerprint density at radius 1 is 1.03 bits per heavy atom. The SMILES string of the molecule is COc1ccc(-c2cn(-c3ccc(C)c(C)c3)c(NC(=O)CN(C(=O)c3ccc(Cl)cc3)C3CC3)n2)cc1. The van der Waals surface area contributed by atoms with Gasteiger partial charge in [-0.05, 0) is 98.5 Å². The molecule has 0 aliphatic heterocycles. The molecule has 1 aliphatic rings. The summed E-state index contributed by atoms with van der Waals surface area (Å²) in [4.78, 5) is 32.9. The van der Waals surface area contributed by atoms with Crippen LogP contribution in [0.2, 0.25) is 5.02 Å². The van der Waals surface area contributed by atoms with E-state index in [4.69, 9.17) is 21.3 Å². The van der Waals surface area contributed by atoms with Gasteiger partial charge in [-0.15, -0.1) is 0 Å². The van der Waals surface area contributed by atoms with Gasteiger partial charge in [0.2, 0.25) is 11.9 Å². The highest BCUT2D eigenvalue weighted by Gasteiger charge is 2.34. The molecule has 0 atom stereocenters. The maximum absolute atomic E-state index is 13.3. The van der Waals surface area contributed by atoms with Gasteiger partial charge in [-0.2, -0.15) is 0 Å². The second-order valence-electron chi connectivity index (χ2n) is 9.54. The largest absolute Gasteiger partial charge is 0.497 e. The summed E-state index contributed by atoms with van der Waals surface area (Å²) in [5.74, 6) is 0.645. The number of carbonyl (C=O) groups is 2. The van der Waals surface area contributed by atoms with E-state index in [1.807, 2.05) is 54.1 Å². The molecule has 1 saturated carbocycles. The van der Waals surface area contributed by atoms with Gasteiger partial charge in [0.25, 0.3) is 5.91 Å². The molecule has 1 aromatic heterocycles. The van der Waals surface area contributed by atoms with Gasteiger partial charge in [-0.3, -0.25) is 19.5 Å². The van der Waals surface area contributed by atoms with Crippen LogP contribution in [0.5, 0.6) is 5.75 Å². The molecule has 194 valence electrons. The molecule has 0 saturated heterocycles. The van der Waals surface area contributed by atoms with Gasteiger partial charge < -0.3 is 9.64 Å². The van der Waals surface area contributed by atoms with Crippen molar-refractivity contribution in [3.05, 3.63) is 94.6 Å². The number of aromatic nitrogens is 2. The van der Waals surface area contributed by atoms with Crippen molar-refractivity contribution in [1.29, 1.82) is 0 Å². The molecule has 1 heterocycles. The van der Waals surface area contributed by atoms with Crippen LogP contribution in [-0.2, 0) is 4.79 Å². The Hall–Kier alpha value is -4.10. The van der Waals surface area contributed by atoms with Crippen molar-refractivity contribution in [3.63, 3.8) is 0 Å². The van der Waals surface area contributed by atoms with E-state index in [9.17, 15) is 9.59 Å². The van der Waals surface area contributed by atoms with Gasteiger partial charge >= 0.3 is 0 Å². The molecule has 8 heteroatoms. The monoisotopic (exact) mass is 528 g/mol. The Kier molecular flexibility index (Phi) is 7.20. The third kappa shape index (κ3) is 5.58. The normalized spacial score (nSPS) is 12.7. The number of rotatable bonds is 8. The molecule has 1 fully saturated rings. The smallest absolute Gasteiger partial charge is 0.254 e. The Labute approximate surface area is 227 Å². The van der Waals surface area contributed by atoms with Crippen LogP contribution in [0.3, 0.4) is 0 Å². The lowest BCUT2D eigenvalue weighted by molar-refractivity contribution is -0.117. The summed E-state index contributed by atoms with van der Waals surface area (Å²) in [5, 5.41) is 3.52. The number of anilines is 1. The van der Waals surface area contributed by atoms with Crippen LogP contribution in [0.4, 0.5) is 5.95 Å². The van der Waals surface area contributed by atoms with Crippen LogP contribution >= 0.6 is 11.6 Å². The highest BCUT2D eigenvalue weighted by atomic mass is 35.5. The number of halogens is 1. The Balaban J connectivity index is 1.43. The molecular weight excluding hydrogens is 500 g/mol. The Bertz CT molecular complexity index is 1470. The molecule has 0 bridgehead atoms. The summed E-state index contributed by atoms with van der Waals surface area (Å²) in [5.41, 5.74) is 5.29. The van der Waals surface area contributed by atoms with Crippen molar-refractivity contribution in [2.24, 2.45) is 0 Å². The number of nitrogens with zero attached hydrogens (tertiary/aromatic N) is 3. The lowest BCUT2D eigenvalue weighted by Crippen LogP contribution is -2.39. The van der Waals surface area contributed by atoms with Crippen molar-refractivity contribution in [1.82, 2.24) is 14.5 Å². The van der Waals surface area contributed by atoms with E-state index < -0.39 is 0 Å². The first-order valence-electron chi connectivity index (χ1n) is 12.5. The molecule has 0 spiro atoms. The molecule has 0 radical (unpaired) electrons. The average molecular weight is 529 g/mol. The van der Waals surface area contributed by atoms with Crippen LogP contribution in [0, 0.1) is 13.8 Å². The summed E-state index contributed by atoms with van der Waals surface area (Å²) in [6.45, 7) is 4.04. The lowest BCUT2D eigenvalue weighted by atomic mass is 10.1. The van der Waals surface area contributed by atoms with Crippen LogP contribution in [-0.4, -0.2) is 46.0 Å². The standard InChI is InChI=1S/C30H29ClN4O3/c1-19-4-11-25(16-20(19)2)35-17-27(21-7-14-26(38-3)15-8-21)32-30(35)33-28(36)18-34(24-12-13-24)29(37)22-5-9-23(31)10-6-22/h4-11,14-17,24H,12-13,18H2,1-3H3,(H,32,33,36). The number of ether oxygens (including phenoxy) is 1. The van der Waals surface area contributed by atoms with Crippen LogP contribution in [0.25, 0.3) is 16.9 Å². The number of carbonyl (C=O) groups excluding carboxylic acids is 2. The van der Waals surface area contributed by atoms with E-state index in [0.29, 0.717) is 22.2 Å². The molecule has 3 aromatic carbocycles. The molecule has 4 aromatic rings.